The zero-order valence-corrected chi connectivity index (χ0v) is 18.1. The lowest BCUT2D eigenvalue weighted by Gasteiger charge is -2.26. The molecule has 1 aliphatic rings. The third-order valence-corrected chi connectivity index (χ3v) is 7.14. The minimum absolute atomic E-state index is 0.0788. The van der Waals surface area contributed by atoms with E-state index in [0.29, 0.717) is 32.0 Å². The lowest BCUT2D eigenvalue weighted by molar-refractivity contribution is -0.118. The highest BCUT2D eigenvalue weighted by Crippen LogP contribution is 2.29. The number of anilines is 1. The first-order valence-corrected chi connectivity index (χ1v) is 11.9. The molecule has 1 amide bonds. The number of carbonyl (C=O) groups is 1. The Labute approximate surface area is 179 Å². The Morgan fingerprint density at radius 2 is 2.00 bits per heavy atom. The molecule has 0 aromatic heterocycles. The topological polar surface area (TPSA) is 84.9 Å². The number of benzene rings is 2. The van der Waals surface area contributed by atoms with Gasteiger partial charge in [-0.25, -0.2) is 8.42 Å². The summed E-state index contributed by atoms with van der Waals surface area (Å²) in [6.45, 7) is 1.08. The van der Waals surface area contributed by atoms with E-state index in [4.69, 9.17) is 21.1 Å². The summed E-state index contributed by atoms with van der Waals surface area (Å²) in [5.41, 5.74) is 0.670. The highest BCUT2D eigenvalue weighted by Gasteiger charge is 2.27. The fraction of sp³-hybridized carbons (Fsp3) is 0.316. The number of thioether (sulfide) groups is 1. The first-order chi connectivity index (χ1) is 13.9. The Hall–Kier alpha value is -1.78. The van der Waals surface area contributed by atoms with Crippen LogP contribution in [0.1, 0.15) is 0 Å². The van der Waals surface area contributed by atoms with E-state index in [1.807, 2.05) is 24.5 Å². The molecule has 0 unspecified atom stereocenters. The molecule has 10 heteroatoms. The van der Waals surface area contributed by atoms with E-state index in [9.17, 15) is 13.2 Å². The van der Waals surface area contributed by atoms with E-state index >= 15 is 0 Å². The molecule has 29 heavy (non-hydrogen) atoms. The lowest BCUT2D eigenvalue weighted by atomic mass is 10.3. The number of amides is 1. The molecule has 7 nitrogen and oxygen atoms in total. The van der Waals surface area contributed by atoms with Crippen LogP contribution in [0, 0.1) is 0 Å². The molecule has 1 saturated heterocycles. The summed E-state index contributed by atoms with van der Waals surface area (Å²) in [6, 6.07) is 11.7. The summed E-state index contributed by atoms with van der Waals surface area (Å²) in [6.07, 6.45) is 1.95. The van der Waals surface area contributed by atoms with E-state index < -0.39 is 10.0 Å². The Kier molecular flexibility index (Phi) is 7.42. The Bertz CT molecular complexity index is 978. The molecular weight excluding hydrogens is 436 g/mol. The van der Waals surface area contributed by atoms with E-state index in [1.165, 1.54) is 22.5 Å². The normalized spacial score (nSPS) is 15.1. The van der Waals surface area contributed by atoms with E-state index in [1.54, 1.807) is 17.8 Å². The van der Waals surface area contributed by atoms with Crippen molar-refractivity contribution in [2.24, 2.45) is 0 Å². The quantitative estimate of drug-likeness (QED) is 0.644. The third-order valence-electron chi connectivity index (χ3n) is 4.22. The SMILES string of the molecule is CSc1cccc(NC(=O)COc2ccc(S(=O)(=O)N3CCOCC3)cc2Cl)c1. The van der Waals surface area contributed by atoms with Gasteiger partial charge < -0.3 is 14.8 Å². The fourth-order valence-electron chi connectivity index (χ4n) is 2.74. The monoisotopic (exact) mass is 456 g/mol. The molecule has 0 bridgehead atoms. The number of halogens is 1. The number of hydrogen-bond donors (Lipinski definition) is 1. The van der Waals surface area contributed by atoms with E-state index in [-0.39, 0.29) is 28.2 Å². The summed E-state index contributed by atoms with van der Waals surface area (Å²) >= 11 is 7.77. The van der Waals surface area contributed by atoms with Gasteiger partial charge in [-0.3, -0.25) is 4.79 Å². The van der Waals surface area contributed by atoms with Crippen molar-refractivity contribution in [1.29, 1.82) is 0 Å². The molecule has 2 aromatic rings. The van der Waals surface area contributed by atoms with Crippen LogP contribution in [0.15, 0.2) is 52.3 Å². The molecule has 1 aliphatic heterocycles. The predicted molar refractivity (Wildman–Crippen MR) is 113 cm³/mol. The highest BCUT2D eigenvalue weighted by molar-refractivity contribution is 7.98. The molecule has 3 rings (SSSR count). The smallest absolute Gasteiger partial charge is 0.262 e. The standard InChI is InChI=1S/C19H21ClN2O5S2/c1-28-15-4-2-3-14(11-15)21-19(23)13-27-18-6-5-16(12-17(18)20)29(24,25)22-7-9-26-10-8-22/h2-6,11-12H,7-10,13H2,1H3,(H,21,23). The number of ether oxygens (including phenoxy) is 2. The summed E-state index contributed by atoms with van der Waals surface area (Å²) in [7, 11) is -3.65. The van der Waals surface area contributed by atoms with Gasteiger partial charge in [0.15, 0.2) is 6.61 Å². The molecule has 1 heterocycles. The molecule has 0 spiro atoms. The number of nitrogens with one attached hydrogen (secondary N) is 1. The van der Waals surface area contributed by atoms with Crippen molar-refractivity contribution in [3.8, 4) is 5.75 Å². The van der Waals surface area contributed by atoms with E-state index in [0.717, 1.165) is 4.90 Å². The van der Waals surface area contributed by atoms with Gasteiger partial charge in [-0.15, -0.1) is 11.8 Å². The number of hydrogen-bond acceptors (Lipinski definition) is 6. The van der Waals surface area contributed by atoms with Crippen molar-refractivity contribution in [3.63, 3.8) is 0 Å². The number of rotatable bonds is 7. The lowest BCUT2D eigenvalue weighted by Crippen LogP contribution is -2.40. The van der Waals surface area contributed by atoms with Gasteiger partial charge in [0.2, 0.25) is 10.0 Å². The van der Waals surface area contributed by atoms with Crippen LogP contribution in [0.4, 0.5) is 5.69 Å². The molecule has 0 radical (unpaired) electrons. The molecule has 0 saturated carbocycles. The summed E-state index contributed by atoms with van der Waals surface area (Å²) in [5.74, 6) is -0.107. The van der Waals surface area contributed by atoms with Gasteiger partial charge in [-0.2, -0.15) is 4.31 Å². The Morgan fingerprint density at radius 1 is 1.24 bits per heavy atom. The molecule has 0 atom stereocenters. The van der Waals surface area contributed by atoms with Crippen LogP contribution in [0.2, 0.25) is 5.02 Å². The maximum atomic E-state index is 12.7. The first-order valence-electron chi connectivity index (χ1n) is 8.84. The molecule has 2 aromatic carbocycles. The van der Waals surface area contributed by atoms with Crippen molar-refractivity contribution in [2.45, 2.75) is 9.79 Å². The number of carbonyl (C=O) groups excluding carboxylic acids is 1. The van der Waals surface area contributed by atoms with Gasteiger partial charge in [0.25, 0.3) is 5.91 Å². The van der Waals surface area contributed by atoms with Crippen LogP contribution >= 0.6 is 23.4 Å². The molecule has 156 valence electrons. The number of morpholine rings is 1. The van der Waals surface area contributed by atoms with Gasteiger partial charge >= 0.3 is 0 Å². The van der Waals surface area contributed by atoms with Crippen LogP contribution in [-0.4, -0.2) is 57.8 Å². The average Bonchev–Trinajstić information content (AvgIpc) is 2.73. The third kappa shape index (κ3) is 5.64. The first kappa shape index (κ1) is 21.9. The van der Waals surface area contributed by atoms with Crippen LogP contribution < -0.4 is 10.1 Å². The second-order valence-electron chi connectivity index (χ2n) is 6.18. The molecule has 0 aliphatic carbocycles. The highest BCUT2D eigenvalue weighted by atomic mass is 35.5. The summed E-state index contributed by atoms with van der Waals surface area (Å²) in [4.78, 5) is 13.2. The largest absolute Gasteiger partial charge is 0.482 e. The second-order valence-corrected chi connectivity index (χ2v) is 9.40. The Morgan fingerprint density at radius 3 is 2.69 bits per heavy atom. The molecule has 1 fully saturated rings. The van der Waals surface area contributed by atoms with Crippen molar-refractivity contribution < 1.29 is 22.7 Å². The van der Waals surface area contributed by atoms with Crippen LogP contribution in [0.3, 0.4) is 0 Å². The van der Waals surface area contributed by atoms with Crippen molar-refractivity contribution in [1.82, 2.24) is 4.31 Å². The zero-order valence-electron chi connectivity index (χ0n) is 15.8. The van der Waals surface area contributed by atoms with Crippen LogP contribution in [0.5, 0.6) is 5.75 Å². The number of sulfonamides is 1. The minimum Gasteiger partial charge on any atom is -0.482 e. The van der Waals surface area contributed by atoms with Gasteiger partial charge in [0.1, 0.15) is 5.75 Å². The molecule has 1 N–H and O–H groups in total. The van der Waals surface area contributed by atoms with Gasteiger partial charge in [0, 0.05) is 23.7 Å². The minimum atomic E-state index is -3.65. The van der Waals surface area contributed by atoms with Crippen molar-refractivity contribution >= 4 is 45.0 Å². The molecular formula is C19H21ClN2O5S2. The van der Waals surface area contributed by atoms with Crippen LogP contribution in [0.25, 0.3) is 0 Å². The average molecular weight is 457 g/mol. The van der Waals surface area contributed by atoms with Gasteiger partial charge in [0.05, 0.1) is 23.1 Å². The maximum absolute atomic E-state index is 12.7. The van der Waals surface area contributed by atoms with Crippen LogP contribution in [-0.2, 0) is 19.6 Å². The maximum Gasteiger partial charge on any atom is 0.262 e. The van der Waals surface area contributed by atoms with Crippen molar-refractivity contribution in [3.05, 3.63) is 47.5 Å². The second kappa shape index (κ2) is 9.82. The zero-order chi connectivity index (χ0) is 20.9. The van der Waals surface area contributed by atoms with E-state index in [2.05, 4.69) is 5.32 Å². The van der Waals surface area contributed by atoms with Gasteiger partial charge in [-0.1, -0.05) is 17.7 Å². The number of nitrogens with zero attached hydrogens (tertiary/aromatic N) is 1. The van der Waals surface area contributed by atoms with Crippen molar-refractivity contribution in [2.75, 3.05) is 44.5 Å². The Balaban J connectivity index is 1.62. The summed E-state index contributed by atoms with van der Waals surface area (Å²) in [5, 5.41) is 2.87. The fourth-order valence-corrected chi connectivity index (χ4v) is 4.93. The van der Waals surface area contributed by atoms with Gasteiger partial charge in [-0.05, 0) is 42.7 Å². The summed E-state index contributed by atoms with van der Waals surface area (Å²) < 4.78 is 37.4. The predicted octanol–water partition coefficient (Wildman–Crippen LogP) is 3.10.